The van der Waals surface area contributed by atoms with Crippen molar-refractivity contribution in [2.75, 3.05) is 11.5 Å². The number of benzene rings is 1. The normalized spacial score (nSPS) is 12.0. The van der Waals surface area contributed by atoms with Gasteiger partial charge in [0.25, 0.3) is 5.91 Å². The van der Waals surface area contributed by atoms with Crippen LogP contribution in [0.3, 0.4) is 0 Å². The summed E-state index contributed by atoms with van der Waals surface area (Å²) in [7, 11) is 0. The second-order valence-electron chi connectivity index (χ2n) is 4.37. The van der Waals surface area contributed by atoms with Crippen LogP contribution in [-0.4, -0.2) is 34.7 Å². The molecule has 0 bridgehead atoms. The number of para-hydroxylation sites is 1. The first-order chi connectivity index (χ1) is 8.93. The fourth-order valence-corrected chi connectivity index (χ4v) is 2.07. The lowest BCUT2D eigenvalue weighted by Crippen LogP contribution is -2.45. The number of anilines is 1. The van der Waals surface area contributed by atoms with E-state index < -0.39 is 24.5 Å². The molecule has 5 nitrogen and oxygen atoms in total. The minimum atomic E-state index is -1.10. The molecule has 0 spiro atoms. The highest BCUT2D eigenvalue weighted by Gasteiger charge is 2.29. The Morgan fingerprint density at radius 1 is 1.37 bits per heavy atom. The number of aliphatic hydroxyl groups is 1. The van der Waals surface area contributed by atoms with Gasteiger partial charge in [0.15, 0.2) is 0 Å². The number of aliphatic carboxylic acids is 1. The van der Waals surface area contributed by atoms with Crippen LogP contribution in [0.25, 0.3) is 0 Å². The zero-order valence-electron chi connectivity index (χ0n) is 11.4. The number of carboxylic acid groups (broad SMARTS) is 1. The van der Waals surface area contributed by atoms with Crippen molar-refractivity contribution in [2.45, 2.75) is 33.2 Å². The van der Waals surface area contributed by atoms with Crippen molar-refractivity contribution >= 4 is 17.6 Å². The molecule has 0 heterocycles. The van der Waals surface area contributed by atoms with Crippen molar-refractivity contribution < 1.29 is 19.8 Å². The summed E-state index contributed by atoms with van der Waals surface area (Å²) >= 11 is 0. The monoisotopic (exact) mass is 265 g/mol. The largest absolute Gasteiger partial charge is 0.480 e. The van der Waals surface area contributed by atoms with E-state index in [1.807, 2.05) is 32.0 Å². The molecule has 0 aliphatic heterocycles. The Balaban J connectivity index is 3.40. The van der Waals surface area contributed by atoms with Gasteiger partial charge in [-0.2, -0.15) is 0 Å². The standard InChI is InChI=1S/C14H19NO4/c1-4-11-7-5-6-9(2)13(11)15(12(17)8-16)10(3)14(18)19/h5-7,10,16H,4,8H2,1-3H3,(H,18,19)/t10-/m0/s1. The number of carbonyl (C=O) groups excluding carboxylic acids is 1. The van der Waals surface area contributed by atoms with Gasteiger partial charge in [0, 0.05) is 0 Å². The molecule has 5 heteroatoms. The lowest BCUT2D eigenvalue weighted by molar-refractivity contribution is -0.140. The fourth-order valence-electron chi connectivity index (χ4n) is 2.07. The molecule has 1 rings (SSSR count). The maximum atomic E-state index is 11.9. The highest BCUT2D eigenvalue weighted by Crippen LogP contribution is 2.27. The van der Waals surface area contributed by atoms with E-state index in [-0.39, 0.29) is 0 Å². The molecule has 0 fully saturated rings. The summed E-state index contributed by atoms with van der Waals surface area (Å²) in [6.45, 7) is 4.48. The van der Waals surface area contributed by atoms with Gasteiger partial charge in [-0.15, -0.1) is 0 Å². The number of aliphatic hydroxyl groups excluding tert-OH is 1. The first-order valence-electron chi connectivity index (χ1n) is 6.18. The van der Waals surface area contributed by atoms with E-state index in [0.29, 0.717) is 12.1 Å². The van der Waals surface area contributed by atoms with Gasteiger partial charge >= 0.3 is 5.97 Å². The average Bonchev–Trinajstić information content (AvgIpc) is 2.39. The highest BCUT2D eigenvalue weighted by atomic mass is 16.4. The van der Waals surface area contributed by atoms with E-state index in [4.69, 9.17) is 10.2 Å². The summed E-state index contributed by atoms with van der Waals surface area (Å²) in [5.41, 5.74) is 2.28. The van der Waals surface area contributed by atoms with Crippen molar-refractivity contribution in [1.82, 2.24) is 0 Å². The van der Waals surface area contributed by atoms with E-state index in [0.717, 1.165) is 16.0 Å². The van der Waals surface area contributed by atoms with Crippen LogP contribution in [0.2, 0.25) is 0 Å². The van der Waals surface area contributed by atoms with Crippen molar-refractivity contribution in [3.8, 4) is 0 Å². The van der Waals surface area contributed by atoms with E-state index in [9.17, 15) is 9.59 Å². The van der Waals surface area contributed by atoms with Crippen LogP contribution in [0, 0.1) is 6.92 Å². The van der Waals surface area contributed by atoms with Gasteiger partial charge in [-0.1, -0.05) is 25.1 Å². The fraction of sp³-hybridized carbons (Fsp3) is 0.429. The predicted molar refractivity (Wildman–Crippen MR) is 72.2 cm³/mol. The molecule has 1 atom stereocenters. The third-order valence-electron chi connectivity index (χ3n) is 3.09. The highest BCUT2D eigenvalue weighted by molar-refractivity contribution is 6.00. The van der Waals surface area contributed by atoms with E-state index >= 15 is 0 Å². The number of amides is 1. The third kappa shape index (κ3) is 3.12. The molecule has 0 aliphatic carbocycles. The topological polar surface area (TPSA) is 77.8 Å². The summed E-state index contributed by atoms with van der Waals surface area (Å²) < 4.78 is 0. The van der Waals surface area contributed by atoms with Crippen molar-refractivity contribution in [3.63, 3.8) is 0 Å². The van der Waals surface area contributed by atoms with E-state index in [1.165, 1.54) is 6.92 Å². The second kappa shape index (κ2) is 6.33. The molecule has 104 valence electrons. The number of rotatable bonds is 5. The Morgan fingerprint density at radius 3 is 2.47 bits per heavy atom. The first kappa shape index (κ1) is 15.2. The number of aryl methyl sites for hydroxylation is 2. The van der Waals surface area contributed by atoms with Crippen LogP contribution in [0.4, 0.5) is 5.69 Å². The van der Waals surface area contributed by atoms with Gasteiger partial charge in [0.2, 0.25) is 0 Å². The zero-order valence-corrected chi connectivity index (χ0v) is 11.4. The van der Waals surface area contributed by atoms with Gasteiger partial charge in [-0.05, 0) is 31.4 Å². The molecule has 0 saturated heterocycles. The average molecular weight is 265 g/mol. The molecule has 0 aliphatic rings. The zero-order chi connectivity index (χ0) is 14.6. The SMILES string of the molecule is CCc1cccc(C)c1N(C(=O)CO)[C@@H](C)C(=O)O. The minimum absolute atomic E-state index is 0.582. The molecule has 1 aromatic carbocycles. The van der Waals surface area contributed by atoms with Gasteiger partial charge in [-0.3, -0.25) is 9.69 Å². The smallest absolute Gasteiger partial charge is 0.326 e. The van der Waals surface area contributed by atoms with Crippen LogP contribution in [0.5, 0.6) is 0 Å². The molecule has 19 heavy (non-hydrogen) atoms. The number of hydrogen-bond donors (Lipinski definition) is 2. The first-order valence-corrected chi connectivity index (χ1v) is 6.18. The number of hydrogen-bond acceptors (Lipinski definition) is 3. The number of carbonyl (C=O) groups is 2. The van der Waals surface area contributed by atoms with Gasteiger partial charge < -0.3 is 10.2 Å². The predicted octanol–water partition coefficient (Wildman–Crippen LogP) is 1.36. The van der Waals surface area contributed by atoms with Gasteiger partial charge in [-0.25, -0.2) is 4.79 Å². The quantitative estimate of drug-likeness (QED) is 0.842. The van der Waals surface area contributed by atoms with Crippen molar-refractivity contribution in [1.29, 1.82) is 0 Å². The summed E-state index contributed by atoms with van der Waals surface area (Å²) in [5.74, 6) is -1.72. The minimum Gasteiger partial charge on any atom is -0.480 e. The maximum absolute atomic E-state index is 11.9. The van der Waals surface area contributed by atoms with Crippen LogP contribution in [0.1, 0.15) is 25.0 Å². The van der Waals surface area contributed by atoms with Crippen LogP contribution < -0.4 is 4.90 Å². The summed E-state index contributed by atoms with van der Waals surface area (Å²) in [6, 6.07) is 4.52. The summed E-state index contributed by atoms with van der Waals surface area (Å²) in [5, 5.41) is 18.2. The van der Waals surface area contributed by atoms with Crippen molar-refractivity contribution in [3.05, 3.63) is 29.3 Å². The number of nitrogens with zero attached hydrogens (tertiary/aromatic N) is 1. The lowest BCUT2D eigenvalue weighted by Gasteiger charge is -2.29. The molecular formula is C14H19NO4. The van der Waals surface area contributed by atoms with Crippen molar-refractivity contribution in [2.24, 2.45) is 0 Å². The van der Waals surface area contributed by atoms with Gasteiger partial charge in [0.05, 0.1) is 5.69 Å². The Kier molecular flexibility index (Phi) is 5.06. The summed E-state index contributed by atoms with van der Waals surface area (Å²) in [6.07, 6.45) is 0.679. The molecule has 0 aromatic heterocycles. The Morgan fingerprint density at radius 2 is 2.00 bits per heavy atom. The third-order valence-corrected chi connectivity index (χ3v) is 3.09. The van der Waals surface area contributed by atoms with Gasteiger partial charge in [0.1, 0.15) is 12.6 Å². The Labute approximate surface area is 112 Å². The van der Waals surface area contributed by atoms with E-state index in [2.05, 4.69) is 0 Å². The summed E-state index contributed by atoms with van der Waals surface area (Å²) in [4.78, 5) is 24.2. The van der Waals surface area contributed by atoms with Crippen LogP contribution >= 0.6 is 0 Å². The Hall–Kier alpha value is -1.88. The molecule has 1 amide bonds. The van der Waals surface area contributed by atoms with E-state index in [1.54, 1.807) is 0 Å². The van der Waals surface area contributed by atoms with Crippen LogP contribution in [-0.2, 0) is 16.0 Å². The molecule has 0 saturated carbocycles. The molecule has 0 radical (unpaired) electrons. The molecule has 0 unspecified atom stereocenters. The molecule has 2 N–H and O–H groups in total. The molecular weight excluding hydrogens is 246 g/mol. The lowest BCUT2D eigenvalue weighted by atomic mass is 10.0. The molecule has 1 aromatic rings. The Bertz CT molecular complexity index is 484. The second-order valence-corrected chi connectivity index (χ2v) is 4.37. The van der Waals surface area contributed by atoms with Crippen LogP contribution in [0.15, 0.2) is 18.2 Å². The maximum Gasteiger partial charge on any atom is 0.326 e. The number of carboxylic acids is 1.